The van der Waals surface area contributed by atoms with Crippen LogP contribution in [0.15, 0.2) is 268 Å². The first-order valence-electron chi connectivity index (χ1n) is 30.6. The Bertz CT molecular complexity index is 4200. The Labute approximate surface area is 532 Å². The average molecular weight is 1150 g/mol. The maximum Gasteiger partial charge on any atom is 0.141 e. The fraction of sp³-hybridized carbons (Fsp3) is 0.207. The molecule has 2 heteroatoms. The van der Waals surface area contributed by atoms with E-state index in [9.17, 15) is 0 Å². The molecule has 0 spiro atoms. The summed E-state index contributed by atoms with van der Waals surface area (Å²) in [6, 6.07) is 24.7. The molecule has 0 aliphatic heterocycles. The minimum absolute atomic E-state index is 0.136. The lowest BCUT2D eigenvalue weighted by Crippen LogP contribution is -2.15. The number of fused-ring (bicyclic) bond motifs is 1. The van der Waals surface area contributed by atoms with E-state index in [1.54, 1.807) is 18.8 Å². The van der Waals surface area contributed by atoms with Crippen LogP contribution in [0.3, 0.4) is 0 Å². The van der Waals surface area contributed by atoms with Gasteiger partial charge in [0.05, 0.1) is 25.6 Å². The summed E-state index contributed by atoms with van der Waals surface area (Å²) in [5.74, 6) is 39.2. The molecule has 5 radical (unpaired) electrons. The third kappa shape index (κ3) is 19.2. The summed E-state index contributed by atoms with van der Waals surface area (Å²) in [5, 5.41) is 0. The van der Waals surface area contributed by atoms with Gasteiger partial charge in [0.15, 0.2) is 0 Å². The zero-order chi connectivity index (χ0) is 62.0. The summed E-state index contributed by atoms with van der Waals surface area (Å²) in [5.41, 5.74) is 30.1. The second-order valence-corrected chi connectivity index (χ2v) is 22.1. The van der Waals surface area contributed by atoms with Crippen LogP contribution in [-0.2, 0) is 4.74 Å². The van der Waals surface area contributed by atoms with Crippen molar-refractivity contribution in [2.75, 3.05) is 13.7 Å². The molecule has 0 amide bonds. The van der Waals surface area contributed by atoms with Crippen LogP contribution in [0.1, 0.15) is 82.4 Å². The van der Waals surface area contributed by atoms with Crippen LogP contribution >= 0.6 is 0 Å². The number of benzene rings is 3. The molecule has 3 aromatic carbocycles. The number of ether oxygens (including phenoxy) is 2. The maximum absolute atomic E-state index is 5.98. The van der Waals surface area contributed by atoms with E-state index in [0.29, 0.717) is 25.4 Å². The summed E-state index contributed by atoms with van der Waals surface area (Å²) in [6.45, 7) is 14.2. The fourth-order valence-electron chi connectivity index (χ4n) is 10.2. The van der Waals surface area contributed by atoms with Gasteiger partial charge in [0.2, 0.25) is 0 Å². The summed E-state index contributed by atoms with van der Waals surface area (Å²) >= 11 is 0. The molecule has 0 saturated heterocycles. The maximum atomic E-state index is 5.98. The number of methoxy groups -OCH3 is 1. The summed E-state index contributed by atoms with van der Waals surface area (Å²) in [4.78, 5) is 0. The third-order valence-electron chi connectivity index (χ3n) is 15.7. The molecule has 0 N–H and O–H groups in total. The molecular formula is C87H73O2. The number of rotatable bonds is 13. The number of hydrogen-bond donors (Lipinski definition) is 0. The fourth-order valence-corrected chi connectivity index (χ4v) is 10.2. The lowest BCUT2D eigenvalue weighted by molar-refractivity contribution is 0.139. The van der Waals surface area contributed by atoms with Gasteiger partial charge in [0.1, 0.15) is 11.9 Å². The van der Waals surface area contributed by atoms with E-state index in [1.165, 1.54) is 33.8 Å². The van der Waals surface area contributed by atoms with Crippen LogP contribution in [0.2, 0.25) is 0 Å². The zero-order valence-electron chi connectivity index (χ0n) is 51.6. The Hall–Kier alpha value is -10.0. The van der Waals surface area contributed by atoms with E-state index in [0.717, 1.165) is 93.9 Å². The molecule has 0 heterocycles. The van der Waals surface area contributed by atoms with Crippen molar-refractivity contribution in [2.24, 2.45) is 29.6 Å². The van der Waals surface area contributed by atoms with Gasteiger partial charge in [-0.05, 0) is 115 Å². The Morgan fingerprint density at radius 3 is 2.45 bits per heavy atom. The molecule has 12 rings (SSSR count). The van der Waals surface area contributed by atoms with Crippen molar-refractivity contribution in [1.29, 1.82) is 0 Å². The normalized spacial score (nSPS) is 21.1. The van der Waals surface area contributed by atoms with Crippen LogP contribution in [0, 0.1) is 133 Å². The molecule has 0 bridgehead atoms. The number of hydrogen-bond acceptors (Lipinski definition) is 2. The topological polar surface area (TPSA) is 18.5 Å². The minimum atomic E-state index is -0.530. The molecule has 9 aliphatic carbocycles. The van der Waals surface area contributed by atoms with Gasteiger partial charge in [0, 0.05) is 103 Å². The summed E-state index contributed by atoms with van der Waals surface area (Å²) < 4.78 is 11.7. The van der Waals surface area contributed by atoms with Crippen LogP contribution in [0.5, 0.6) is 5.75 Å². The van der Waals surface area contributed by atoms with Crippen molar-refractivity contribution in [1.82, 2.24) is 0 Å². The van der Waals surface area contributed by atoms with Crippen LogP contribution in [0.25, 0.3) is 16.7 Å². The van der Waals surface area contributed by atoms with Gasteiger partial charge in [-0.3, -0.25) is 0 Å². The highest BCUT2D eigenvalue weighted by molar-refractivity contribution is 5.92. The van der Waals surface area contributed by atoms with Gasteiger partial charge in [-0.1, -0.05) is 235 Å². The molecule has 2 nitrogen and oxygen atoms in total. The van der Waals surface area contributed by atoms with Crippen molar-refractivity contribution in [3.63, 3.8) is 0 Å². The molecule has 3 aromatic rings. The van der Waals surface area contributed by atoms with Crippen LogP contribution in [0.4, 0.5) is 0 Å². The molecule has 433 valence electrons. The highest BCUT2D eigenvalue weighted by Gasteiger charge is 2.35. The highest BCUT2D eigenvalue weighted by atomic mass is 16.5. The van der Waals surface area contributed by atoms with Gasteiger partial charge in [-0.15, -0.1) is 36.3 Å². The first-order chi connectivity index (χ1) is 43.8. The first-order valence-corrected chi connectivity index (χ1v) is 30.6. The highest BCUT2D eigenvalue weighted by Crippen LogP contribution is 2.48. The Morgan fingerprint density at radius 1 is 0.820 bits per heavy atom. The Morgan fingerprint density at radius 2 is 1.63 bits per heavy atom. The van der Waals surface area contributed by atoms with Crippen LogP contribution < -0.4 is 4.74 Å². The standard InChI is InChI=1S/C52H44O2.C17H10.C10H12.C8H7/c1-5-36-54-51(6-2)45-27-10-8-7-9-24-42(45)34-35-43(49-38-50(49)47-29-16-15-28-46(47)48-30-17-18-31-52(48)53-4)26-19-23-41-22-13-14-25-44(37-41)39(3)20-11-12-21-40-32-33-40;1-2-7-13-8-3-5-10-15(13)16-11-6-4-9-14-12-17(14)16;1-9-7-5-3-4-6-8-10(9)2;1-2-4-7-6-8(7)5-3-1/h2,5,7,9-10,13-18,22,24-25,28-33,37-39,43-44,51H,1,12,21,26-27,36H2,3-4H3;3-5,8,10,12H,1,9H2;3-7,9H,1-2H3;2,6,8H,4-5H2/b24-9-,45-42-;;4-3-,7-5?;/t8?,39?,43?,44-,51?;;8?,9-;/m1.0./s1. The molecule has 0 aromatic heterocycles. The van der Waals surface area contributed by atoms with E-state index < -0.39 is 6.10 Å². The van der Waals surface area contributed by atoms with E-state index >= 15 is 0 Å². The molecule has 0 saturated carbocycles. The second kappa shape index (κ2) is 33.2. The average Bonchev–Trinajstić information content (AvgIpc) is 1.76. The van der Waals surface area contributed by atoms with E-state index in [-0.39, 0.29) is 17.8 Å². The van der Waals surface area contributed by atoms with E-state index in [2.05, 4.69) is 239 Å². The summed E-state index contributed by atoms with van der Waals surface area (Å²) in [7, 11) is 1.71. The third-order valence-corrected chi connectivity index (χ3v) is 15.7. The number of para-hydroxylation sites is 1. The van der Waals surface area contributed by atoms with Crippen molar-refractivity contribution in [2.45, 2.75) is 71.8 Å². The van der Waals surface area contributed by atoms with Gasteiger partial charge in [0.25, 0.3) is 0 Å². The molecule has 9 aliphatic rings. The van der Waals surface area contributed by atoms with Crippen molar-refractivity contribution in [3.05, 3.63) is 317 Å². The minimum Gasteiger partial charge on any atom is -0.496 e. The van der Waals surface area contributed by atoms with Crippen molar-refractivity contribution < 1.29 is 9.47 Å². The van der Waals surface area contributed by atoms with E-state index in [4.69, 9.17) is 15.9 Å². The van der Waals surface area contributed by atoms with Gasteiger partial charge >= 0.3 is 0 Å². The molecule has 0 fully saturated rings. The number of allylic oxidation sites excluding steroid dienone is 25. The molecule has 4 unspecified atom stereocenters. The van der Waals surface area contributed by atoms with Crippen molar-refractivity contribution >= 4 is 5.57 Å². The smallest absolute Gasteiger partial charge is 0.141 e. The first kappa shape index (κ1) is 63.5. The quantitative estimate of drug-likeness (QED) is 0.0965. The van der Waals surface area contributed by atoms with Gasteiger partial charge in [-0.2, -0.15) is 0 Å². The lowest BCUT2D eigenvalue weighted by atomic mass is 9.90. The monoisotopic (exact) mass is 1150 g/mol. The Kier molecular flexibility index (Phi) is 23.7. The SMILES string of the molecule is C#CC(OCC=C)/C1=C(C#CC(CC#CC2=C[C@H](C(C)C#CCCC3=C[CH]3)C=CC=C2)C2=C[C]2c2ccccc2-c2ccccc2OC)/C=C\C=C=CC1.C1#CCC2C=C2C[CH]1.CC1=C=C/C=C\C=C[C@@H]1C.[CH2]C#Cc1ccccc1C1=C=C=CCC2=C1[CH]2. The van der Waals surface area contributed by atoms with Crippen molar-refractivity contribution in [3.8, 4) is 88.4 Å². The zero-order valence-corrected chi connectivity index (χ0v) is 51.6. The molecular weight excluding hydrogens is 1080 g/mol. The lowest BCUT2D eigenvalue weighted by Gasteiger charge is -2.16. The predicted octanol–water partition coefficient (Wildman–Crippen LogP) is 18.5. The number of terminal acetylenes is 1. The van der Waals surface area contributed by atoms with E-state index in [1.807, 2.05) is 85.0 Å². The summed E-state index contributed by atoms with van der Waals surface area (Å²) in [6.07, 6.45) is 57.2. The Balaban J connectivity index is 0.000000212. The molecule has 6 atom stereocenters. The van der Waals surface area contributed by atoms with Gasteiger partial charge in [-0.25, -0.2) is 0 Å². The van der Waals surface area contributed by atoms with Gasteiger partial charge < -0.3 is 9.47 Å². The largest absolute Gasteiger partial charge is 0.496 e. The van der Waals surface area contributed by atoms with Crippen LogP contribution in [-0.4, -0.2) is 19.8 Å². The molecule has 89 heavy (non-hydrogen) atoms. The second-order valence-electron chi connectivity index (χ2n) is 22.1. The predicted molar refractivity (Wildman–Crippen MR) is 370 cm³/mol.